The van der Waals surface area contributed by atoms with E-state index in [1.54, 1.807) is 0 Å². The second-order valence-electron chi connectivity index (χ2n) is 7.02. The van der Waals surface area contributed by atoms with Gasteiger partial charge in [-0.2, -0.15) is 5.10 Å². The molecule has 1 fully saturated rings. The Labute approximate surface area is 134 Å². The smallest absolute Gasteiger partial charge is 0.0850 e. The van der Waals surface area contributed by atoms with Crippen molar-refractivity contribution in [1.29, 1.82) is 0 Å². The van der Waals surface area contributed by atoms with Crippen LogP contribution in [0, 0.1) is 11.3 Å². The highest BCUT2D eigenvalue weighted by atomic mass is 35.5. The van der Waals surface area contributed by atoms with E-state index in [2.05, 4.69) is 49.7 Å². The molecule has 0 aromatic carbocycles. The van der Waals surface area contributed by atoms with Gasteiger partial charge in [-0.25, -0.2) is 0 Å². The molecule has 1 aliphatic rings. The Balaban J connectivity index is 2.20. The standard InChI is InChI=1S/C17H30ClN3/c1-6-14-16(18)15(21(7-2)20-14)10-17(5,12(3)4)11-19-13-8-9-13/h12-13,19H,6-11H2,1-5H3. The Morgan fingerprint density at radius 1 is 1.38 bits per heavy atom. The molecule has 0 bridgehead atoms. The van der Waals surface area contributed by atoms with Gasteiger partial charge in [0, 0.05) is 19.1 Å². The molecular formula is C17H30ClN3. The molecule has 0 radical (unpaired) electrons. The molecule has 4 heteroatoms. The minimum absolute atomic E-state index is 0.212. The predicted molar refractivity (Wildman–Crippen MR) is 90.0 cm³/mol. The maximum atomic E-state index is 6.59. The first-order chi connectivity index (χ1) is 9.91. The molecule has 0 saturated heterocycles. The lowest BCUT2D eigenvalue weighted by Crippen LogP contribution is -2.39. The van der Waals surface area contributed by atoms with Crippen molar-refractivity contribution in [3.05, 3.63) is 16.4 Å². The highest BCUT2D eigenvalue weighted by molar-refractivity contribution is 6.31. The number of hydrogen-bond donors (Lipinski definition) is 1. The van der Waals surface area contributed by atoms with Crippen LogP contribution in [0.5, 0.6) is 0 Å². The summed E-state index contributed by atoms with van der Waals surface area (Å²) in [6.45, 7) is 13.2. The van der Waals surface area contributed by atoms with E-state index in [9.17, 15) is 0 Å². The molecule has 1 aromatic heterocycles. The quantitative estimate of drug-likeness (QED) is 0.784. The molecule has 0 spiro atoms. The second kappa shape index (κ2) is 6.70. The fourth-order valence-electron chi connectivity index (χ4n) is 2.70. The molecule has 21 heavy (non-hydrogen) atoms. The Bertz CT molecular complexity index is 477. The number of nitrogens with zero attached hydrogens (tertiary/aromatic N) is 2. The number of aromatic nitrogens is 2. The average molecular weight is 312 g/mol. The van der Waals surface area contributed by atoms with Crippen LogP contribution in [0.15, 0.2) is 0 Å². The van der Waals surface area contributed by atoms with Crippen LogP contribution in [-0.4, -0.2) is 22.4 Å². The Kier molecular flexibility index (Phi) is 5.37. The van der Waals surface area contributed by atoms with E-state index in [1.165, 1.54) is 18.5 Å². The molecule has 1 saturated carbocycles. The van der Waals surface area contributed by atoms with Crippen LogP contribution in [0.2, 0.25) is 5.02 Å². The van der Waals surface area contributed by atoms with Crippen molar-refractivity contribution in [3.8, 4) is 0 Å². The van der Waals surface area contributed by atoms with Crippen molar-refractivity contribution >= 4 is 11.6 Å². The summed E-state index contributed by atoms with van der Waals surface area (Å²) in [4.78, 5) is 0. The summed E-state index contributed by atoms with van der Waals surface area (Å²) in [7, 11) is 0. The summed E-state index contributed by atoms with van der Waals surface area (Å²) in [5.74, 6) is 0.602. The molecule has 1 N–H and O–H groups in total. The van der Waals surface area contributed by atoms with Gasteiger partial charge in [0.1, 0.15) is 0 Å². The zero-order valence-corrected chi connectivity index (χ0v) is 14.9. The zero-order chi connectivity index (χ0) is 15.6. The van der Waals surface area contributed by atoms with E-state index < -0.39 is 0 Å². The Hall–Kier alpha value is -0.540. The summed E-state index contributed by atoms with van der Waals surface area (Å²) >= 11 is 6.59. The Morgan fingerprint density at radius 3 is 2.52 bits per heavy atom. The number of halogens is 1. The number of nitrogens with one attached hydrogen (secondary N) is 1. The lowest BCUT2D eigenvalue weighted by atomic mass is 9.75. The maximum absolute atomic E-state index is 6.59. The first-order valence-corrected chi connectivity index (χ1v) is 8.76. The van der Waals surface area contributed by atoms with Gasteiger partial charge in [0.15, 0.2) is 0 Å². The molecule has 1 aromatic rings. The highest BCUT2D eigenvalue weighted by Crippen LogP contribution is 2.35. The topological polar surface area (TPSA) is 29.9 Å². The number of aryl methyl sites for hydroxylation is 2. The monoisotopic (exact) mass is 311 g/mol. The molecular weight excluding hydrogens is 282 g/mol. The molecule has 0 aliphatic heterocycles. The third-order valence-corrected chi connectivity index (χ3v) is 5.47. The molecule has 2 rings (SSSR count). The minimum atomic E-state index is 0.212. The predicted octanol–water partition coefficient (Wildman–Crippen LogP) is 4.08. The highest BCUT2D eigenvalue weighted by Gasteiger charge is 2.33. The van der Waals surface area contributed by atoms with Crippen molar-refractivity contribution in [1.82, 2.24) is 15.1 Å². The SMILES string of the molecule is CCc1nn(CC)c(CC(C)(CNC2CC2)C(C)C)c1Cl. The first kappa shape index (κ1) is 16.8. The molecule has 1 atom stereocenters. The van der Waals surface area contributed by atoms with Gasteiger partial charge in [-0.05, 0) is 43.9 Å². The maximum Gasteiger partial charge on any atom is 0.0850 e. The normalized spacial score (nSPS) is 18.2. The number of rotatable bonds is 8. The summed E-state index contributed by atoms with van der Waals surface area (Å²) in [6.07, 6.45) is 4.56. The van der Waals surface area contributed by atoms with Crippen LogP contribution in [0.3, 0.4) is 0 Å². The first-order valence-electron chi connectivity index (χ1n) is 8.38. The van der Waals surface area contributed by atoms with Gasteiger partial charge in [0.25, 0.3) is 0 Å². The van der Waals surface area contributed by atoms with Gasteiger partial charge in [0.2, 0.25) is 0 Å². The van der Waals surface area contributed by atoms with Gasteiger partial charge in [-0.15, -0.1) is 0 Å². The Morgan fingerprint density at radius 2 is 2.05 bits per heavy atom. The summed E-state index contributed by atoms with van der Waals surface area (Å²) in [6, 6.07) is 0.751. The van der Waals surface area contributed by atoms with Crippen LogP contribution in [0.4, 0.5) is 0 Å². The second-order valence-corrected chi connectivity index (χ2v) is 7.40. The van der Waals surface area contributed by atoms with Crippen molar-refractivity contribution in [2.24, 2.45) is 11.3 Å². The molecule has 1 aliphatic carbocycles. The van der Waals surface area contributed by atoms with Gasteiger partial charge in [0.05, 0.1) is 16.4 Å². The lowest BCUT2D eigenvalue weighted by molar-refractivity contribution is 0.201. The molecule has 3 nitrogen and oxygen atoms in total. The third-order valence-electron chi connectivity index (χ3n) is 5.03. The van der Waals surface area contributed by atoms with Crippen LogP contribution < -0.4 is 5.32 Å². The fourth-order valence-corrected chi connectivity index (χ4v) is 3.04. The third kappa shape index (κ3) is 3.81. The van der Waals surface area contributed by atoms with Gasteiger partial charge in [-0.1, -0.05) is 39.3 Å². The van der Waals surface area contributed by atoms with Crippen molar-refractivity contribution in [2.75, 3.05) is 6.54 Å². The van der Waals surface area contributed by atoms with E-state index in [4.69, 9.17) is 11.6 Å². The van der Waals surface area contributed by atoms with E-state index in [0.29, 0.717) is 5.92 Å². The summed E-state index contributed by atoms with van der Waals surface area (Å²) in [5.41, 5.74) is 2.46. The van der Waals surface area contributed by atoms with E-state index >= 15 is 0 Å². The minimum Gasteiger partial charge on any atom is -0.313 e. The lowest BCUT2D eigenvalue weighted by Gasteiger charge is -2.34. The zero-order valence-electron chi connectivity index (χ0n) is 14.2. The van der Waals surface area contributed by atoms with Crippen LogP contribution in [0.25, 0.3) is 0 Å². The van der Waals surface area contributed by atoms with Gasteiger partial charge in [-0.3, -0.25) is 4.68 Å². The van der Waals surface area contributed by atoms with Crippen molar-refractivity contribution < 1.29 is 0 Å². The summed E-state index contributed by atoms with van der Waals surface area (Å²) < 4.78 is 2.10. The van der Waals surface area contributed by atoms with E-state index in [1.807, 2.05) is 0 Å². The fraction of sp³-hybridized carbons (Fsp3) is 0.824. The molecule has 1 heterocycles. The largest absolute Gasteiger partial charge is 0.313 e. The molecule has 0 amide bonds. The van der Waals surface area contributed by atoms with Crippen LogP contribution in [0.1, 0.15) is 58.8 Å². The van der Waals surface area contributed by atoms with Crippen molar-refractivity contribution in [3.63, 3.8) is 0 Å². The van der Waals surface area contributed by atoms with Crippen molar-refractivity contribution in [2.45, 2.75) is 72.9 Å². The van der Waals surface area contributed by atoms with Crippen LogP contribution in [-0.2, 0) is 19.4 Å². The van der Waals surface area contributed by atoms with E-state index in [0.717, 1.165) is 42.7 Å². The van der Waals surface area contributed by atoms with Gasteiger partial charge < -0.3 is 5.32 Å². The van der Waals surface area contributed by atoms with E-state index in [-0.39, 0.29) is 5.41 Å². The van der Waals surface area contributed by atoms with Gasteiger partial charge >= 0.3 is 0 Å². The average Bonchev–Trinajstić information content (AvgIpc) is 3.23. The molecule has 120 valence electrons. The van der Waals surface area contributed by atoms with Crippen LogP contribution >= 0.6 is 11.6 Å². The summed E-state index contributed by atoms with van der Waals surface area (Å²) in [5, 5.41) is 9.25. The number of hydrogen-bond acceptors (Lipinski definition) is 2. The molecule has 1 unspecified atom stereocenters.